The summed E-state index contributed by atoms with van der Waals surface area (Å²) in [5.74, 6) is 1.55. The fourth-order valence-corrected chi connectivity index (χ4v) is 1.70. The number of carboxylic acid groups (broad SMARTS) is 1. The Balaban J connectivity index is 2.64. The maximum atomic E-state index is 10.2. The van der Waals surface area contributed by atoms with Gasteiger partial charge in [-0.3, -0.25) is 0 Å². The molecule has 1 heterocycles. The Morgan fingerprint density at radius 3 is 2.87 bits per heavy atom. The maximum absolute atomic E-state index is 10.2. The molecule has 5 nitrogen and oxygen atoms in total. The van der Waals surface area contributed by atoms with E-state index in [2.05, 4.69) is 18.6 Å². The van der Waals surface area contributed by atoms with Crippen molar-refractivity contribution >= 4 is 6.16 Å². The fraction of sp³-hybridized carbons (Fsp3) is 0.600. The van der Waals surface area contributed by atoms with Crippen LogP contribution in [0.1, 0.15) is 25.6 Å². The minimum atomic E-state index is -1.22. The molecular weight excluding hydrogens is 196 g/mol. The summed E-state index contributed by atoms with van der Waals surface area (Å²) in [6, 6.07) is 0. The zero-order valence-electron chi connectivity index (χ0n) is 9.30. The van der Waals surface area contributed by atoms with Crippen LogP contribution < -0.4 is 4.57 Å². The molecule has 0 aliphatic rings. The molecule has 0 aromatic carbocycles. The topological polar surface area (TPSA) is 55.3 Å². The number of imidazole rings is 1. The van der Waals surface area contributed by atoms with Gasteiger partial charge in [-0.2, -0.15) is 0 Å². The molecule has 0 atom stereocenters. The second kappa shape index (κ2) is 4.82. The van der Waals surface area contributed by atoms with Gasteiger partial charge in [0.2, 0.25) is 0 Å². The molecule has 0 unspecified atom stereocenters. The van der Waals surface area contributed by atoms with Gasteiger partial charge in [0.05, 0.1) is 13.0 Å². The standard InChI is InChI=1S/C10H16N2O3/c1-8(2)9-11(3)4-5-12(9)6-7-15-10(13)14/h4-5,8H,6-7H2,1-3H3/p+1. The molecule has 5 heteroatoms. The van der Waals surface area contributed by atoms with E-state index in [1.807, 2.05) is 28.6 Å². The molecule has 0 aliphatic carbocycles. The van der Waals surface area contributed by atoms with Gasteiger partial charge in [-0.1, -0.05) is 13.8 Å². The van der Waals surface area contributed by atoms with Crippen molar-refractivity contribution in [3.63, 3.8) is 0 Å². The first kappa shape index (κ1) is 11.6. The van der Waals surface area contributed by atoms with Crippen LogP contribution in [0.2, 0.25) is 0 Å². The number of hydrogen-bond donors (Lipinski definition) is 1. The minimum Gasteiger partial charge on any atom is -0.450 e. The van der Waals surface area contributed by atoms with E-state index < -0.39 is 6.16 Å². The Bertz CT molecular complexity index is 344. The Morgan fingerprint density at radius 1 is 1.67 bits per heavy atom. The van der Waals surface area contributed by atoms with Crippen molar-refractivity contribution in [2.45, 2.75) is 26.3 Å². The van der Waals surface area contributed by atoms with E-state index in [1.165, 1.54) is 0 Å². The molecule has 0 aliphatic heterocycles. The first-order valence-corrected chi connectivity index (χ1v) is 4.92. The highest BCUT2D eigenvalue weighted by Crippen LogP contribution is 2.09. The predicted molar refractivity (Wildman–Crippen MR) is 53.7 cm³/mol. The summed E-state index contributed by atoms with van der Waals surface area (Å²) in [5.41, 5.74) is 0. The molecule has 1 rings (SSSR count). The molecule has 0 radical (unpaired) electrons. The van der Waals surface area contributed by atoms with Crippen molar-refractivity contribution in [2.75, 3.05) is 6.61 Å². The largest absolute Gasteiger partial charge is 0.505 e. The van der Waals surface area contributed by atoms with E-state index in [9.17, 15) is 4.79 Å². The first-order valence-electron chi connectivity index (χ1n) is 4.92. The van der Waals surface area contributed by atoms with Gasteiger partial charge in [0.25, 0.3) is 5.82 Å². The fourth-order valence-electron chi connectivity index (χ4n) is 1.70. The third-order valence-electron chi connectivity index (χ3n) is 2.20. The van der Waals surface area contributed by atoms with Crippen molar-refractivity contribution in [3.8, 4) is 0 Å². The van der Waals surface area contributed by atoms with E-state index in [4.69, 9.17) is 5.11 Å². The summed E-state index contributed by atoms with van der Waals surface area (Å²) >= 11 is 0. The molecule has 0 fully saturated rings. The van der Waals surface area contributed by atoms with Crippen LogP contribution in [-0.4, -0.2) is 22.4 Å². The van der Waals surface area contributed by atoms with Gasteiger partial charge in [0.15, 0.2) is 0 Å². The van der Waals surface area contributed by atoms with Crippen LogP contribution in [0.25, 0.3) is 0 Å². The second-order valence-corrected chi connectivity index (χ2v) is 3.73. The summed E-state index contributed by atoms with van der Waals surface area (Å²) in [5, 5.41) is 8.34. The molecule has 0 saturated heterocycles. The summed E-state index contributed by atoms with van der Waals surface area (Å²) in [4.78, 5) is 10.2. The lowest BCUT2D eigenvalue weighted by Crippen LogP contribution is -2.33. The van der Waals surface area contributed by atoms with Crippen LogP contribution in [0, 0.1) is 0 Å². The van der Waals surface area contributed by atoms with Crippen molar-refractivity contribution in [3.05, 3.63) is 18.2 Å². The van der Waals surface area contributed by atoms with E-state index >= 15 is 0 Å². The van der Waals surface area contributed by atoms with E-state index in [0.29, 0.717) is 12.5 Å². The van der Waals surface area contributed by atoms with Gasteiger partial charge in [-0.05, 0) is 0 Å². The lowest BCUT2D eigenvalue weighted by molar-refractivity contribution is -0.680. The Hall–Kier alpha value is -1.52. The van der Waals surface area contributed by atoms with Crippen molar-refractivity contribution in [1.29, 1.82) is 0 Å². The smallest absolute Gasteiger partial charge is 0.450 e. The predicted octanol–water partition coefficient (Wildman–Crippen LogP) is 1.13. The minimum absolute atomic E-state index is 0.184. The summed E-state index contributed by atoms with van der Waals surface area (Å²) in [7, 11) is 1.98. The molecular formula is C10H17N2O3+. The van der Waals surface area contributed by atoms with Crippen LogP contribution in [-0.2, 0) is 18.3 Å². The Labute approximate surface area is 88.9 Å². The van der Waals surface area contributed by atoms with Gasteiger partial charge in [0.1, 0.15) is 25.5 Å². The molecule has 0 bridgehead atoms. The summed E-state index contributed by atoms with van der Waals surface area (Å²) in [6.45, 7) is 4.94. The van der Waals surface area contributed by atoms with Gasteiger partial charge in [-0.25, -0.2) is 13.9 Å². The highest BCUT2D eigenvalue weighted by Gasteiger charge is 2.17. The quantitative estimate of drug-likeness (QED) is 0.602. The Morgan fingerprint density at radius 2 is 2.33 bits per heavy atom. The molecule has 1 aromatic heterocycles. The number of carbonyl (C=O) groups is 1. The first-order chi connectivity index (χ1) is 7.02. The normalized spacial score (nSPS) is 10.7. The molecule has 0 amide bonds. The number of nitrogens with zero attached hydrogens (tertiary/aromatic N) is 2. The summed E-state index contributed by atoms with van der Waals surface area (Å²) < 4.78 is 8.52. The third-order valence-corrected chi connectivity index (χ3v) is 2.20. The zero-order valence-corrected chi connectivity index (χ0v) is 9.30. The molecule has 0 saturated carbocycles. The number of aryl methyl sites for hydroxylation is 1. The van der Waals surface area contributed by atoms with Gasteiger partial charge in [-0.15, -0.1) is 0 Å². The highest BCUT2D eigenvalue weighted by atomic mass is 16.7. The number of rotatable bonds is 4. The average molecular weight is 213 g/mol. The SMILES string of the molecule is CC(C)c1n(CCOC(=O)O)cc[n+]1C. The van der Waals surface area contributed by atoms with Gasteiger partial charge >= 0.3 is 6.16 Å². The second-order valence-electron chi connectivity index (χ2n) is 3.73. The lowest BCUT2D eigenvalue weighted by Gasteiger charge is -2.05. The van der Waals surface area contributed by atoms with E-state index in [0.717, 1.165) is 5.82 Å². The molecule has 15 heavy (non-hydrogen) atoms. The maximum Gasteiger partial charge on any atom is 0.505 e. The number of ether oxygens (including phenoxy) is 1. The van der Waals surface area contributed by atoms with Crippen LogP contribution in [0.15, 0.2) is 12.4 Å². The molecule has 0 spiro atoms. The van der Waals surface area contributed by atoms with Crippen molar-refractivity contribution in [1.82, 2.24) is 4.57 Å². The third kappa shape index (κ3) is 2.97. The van der Waals surface area contributed by atoms with Crippen molar-refractivity contribution < 1.29 is 19.2 Å². The molecule has 1 N–H and O–H groups in total. The van der Waals surface area contributed by atoms with Crippen molar-refractivity contribution in [2.24, 2.45) is 7.05 Å². The lowest BCUT2D eigenvalue weighted by atomic mass is 10.2. The van der Waals surface area contributed by atoms with E-state index in [-0.39, 0.29) is 6.61 Å². The van der Waals surface area contributed by atoms with E-state index in [1.54, 1.807) is 0 Å². The van der Waals surface area contributed by atoms with Crippen LogP contribution in [0.5, 0.6) is 0 Å². The highest BCUT2D eigenvalue weighted by molar-refractivity contribution is 5.56. The van der Waals surface area contributed by atoms with Crippen LogP contribution >= 0.6 is 0 Å². The van der Waals surface area contributed by atoms with Crippen LogP contribution in [0.4, 0.5) is 4.79 Å². The van der Waals surface area contributed by atoms with Crippen LogP contribution in [0.3, 0.4) is 0 Å². The monoisotopic (exact) mass is 213 g/mol. The molecule has 84 valence electrons. The number of aromatic nitrogens is 2. The summed E-state index contributed by atoms with van der Waals surface area (Å²) in [6.07, 6.45) is 2.66. The number of hydrogen-bond acceptors (Lipinski definition) is 2. The zero-order chi connectivity index (χ0) is 11.4. The average Bonchev–Trinajstić information content (AvgIpc) is 2.46. The Kier molecular flexibility index (Phi) is 3.71. The van der Waals surface area contributed by atoms with Gasteiger partial charge in [0, 0.05) is 0 Å². The molecule has 1 aromatic rings. The van der Waals surface area contributed by atoms with Gasteiger partial charge < -0.3 is 9.84 Å².